The van der Waals surface area contributed by atoms with Crippen molar-refractivity contribution in [3.05, 3.63) is 70.7 Å². The molecule has 8 heteroatoms. The Balaban J connectivity index is 2.00. The summed E-state index contributed by atoms with van der Waals surface area (Å²) in [6, 6.07) is 15.0. The number of benzene rings is 2. The molecule has 154 valence electrons. The molecule has 0 bridgehead atoms. The van der Waals surface area contributed by atoms with E-state index in [0.29, 0.717) is 23.7 Å². The van der Waals surface area contributed by atoms with E-state index in [1.165, 1.54) is 7.11 Å². The van der Waals surface area contributed by atoms with Gasteiger partial charge in [-0.3, -0.25) is 14.4 Å². The van der Waals surface area contributed by atoms with E-state index in [2.05, 4.69) is 10.6 Å². The van der Waals surface area contributed by atoms with Gasteiger partial charge in [0, 0.05) is 13.7 Å². The van der Waals surface area contributed by atoms with E-state index in [0.717, 1.165) is 5.56 Å². The topological polar surface area (TPSA) is 93.7 Å². The second kappa shape index (κ2) is 11.8. The fraction of sp³-hybridized carbons (Fsp3) is 0.286. The number of amides is 2. The summed E-state index contributed by atoms with van der Waals surface area (Å²) in [5.41, 5.74) is 1.04. The van der Waals surface area contributed by atoms with Crippen LogP contribution in [0, 0.1) is 0 Å². The third kappa shape index (κ3) is 7.56. The average Bonchev–Trinajstić information content (AvgIpc) is 2.73. The number of nitrogens with one attached hydrogen (secondary N) is 2. The number of methoxy groups -OCH3 is 1. The van der Waals surface area contributed by atoms with Gasteiger partial charge >= 0.3 is 5.97 Å². The number of hydrogen-bond donors (Lipinski definition) is 2. The maximum atomic E-state index is 12.6. The van der Waals surface area contributed by atoms with Crippen LogP contribution in [-0.4, -0.2) is 44.7 Å². The molecule has 1 atom stereocenters. The van der Waals surface area contributed by atoms with E-state index in [1.807, 2.05) is 6.07 Å². The van der Waals surface area contributed by atoms with Gasteiger partial charge in [0.1, 0.15) is 0 Å². The van der Waals surface area contributed by atoms with Crippen LogP contribution in [0.25, 0.3) is 0 Å². The van der Waals surface area contributed by atoms with Crippen LogP contribution in [0.15, 0.2) is 54.6 Å². The molecule has 7 nitrogen and oxygen atoms in total. The van der Waals surface area contributed by atoms with Gasteiger partial charge in [-0.15, -0.1) is 0 Å². The summed E-state index contributed by atoms with van der Waals surface area (Å²) >= 11 is 6.09. The molecular formula is C21H23ClN2O5. The van der Waals surface area contributed by atoms with Crippen LogP contribution in [0.1, 0.15) is 28.4 Å². The zero-order chi connectivity index (χ0) is 21.1. The van der Waals surface area contributed by atoms with E-state index in [1.54, 1.807) is 48.5 Å². The SMILES string of the molecule is COCCNC(=O)COC(=O)C[C@@H](NC(=O)c1ccccc1Cl)c1ccccc1. The second-order valence-electron chi connectivity index (χ2n) is 6.12. The number of carbonyl (C=O) groups is 3. The van der Waals surface area contributed by atoms with E-state index >= 15 is 0 Å². The van der Waals surface area contributed by atoms with Gasteiger partial charge < -0.3 is 20.1 Å². The van der Waals surface area contributed by atoms with Crippen molar-refractivity contribution in [2.75, 3.05) is 26.9 Å². The summed E-state index contributed by atoms with van der Waals surface area (Å²) in [4.78, 5) is 36.5. The van der Waals surface area contributed by atoms with Crippen molar-refractivity contribution in [1.29, 1.82) is 0 Å². The lowest BCUT2D eigenvalue weighted by Crippen LogP contribution is -2.33. The van der Waals surface area contributed by atoms with Crippen molar-refractivity contribution < 1.29 is 23.9 Å². The molecule has 2 rings (SSSR count). The smallest absolute Gasteiger partial charge is 0.308 e. The molecule has 2 amide bonds. The molecule has 0 heterocycles. The number of carbonyl (C=O) groups excluding carboxylic acids is 3. The van der Waals surface area contributed by atoms with E-state index in [4.69, 9.17) is 21.1 Å². The Morgan fingerprint density at radius 1 is 1.03 bits per heavy atom. The van der Waals surface area contributed by atoms with E-state index in [9.17, 15) is 14.4 Å². The molecule has 0 spiro atoms. The van der Waals surface area contributed by atoms with Crippen molar-refractivity contribution in [3.63, 3.8) is 0 Å². The van der Waals surface area contributed by atoms with E-state index < -0.39 is 30.4 Å². The Kier molecular flexibility index (Phi) is 9.14. The zero-order valence-corrected chi connectivity index (χ0v) is 16.8. The molecule has 0 unspecified atom stereocenters. The first-order valence-corrected chi connectivity index (χ1v) is 9.40. The monoisotopic (exact) mass is 418 g/mol. The standard InChI is InChI=1S/C21H23ClN2O5/c1-28-12-11-23-19(25)14-29-20(26)13-18(15-7-3-2-4-8-15)24-21(27)16-9-5-6-10-17(16)22/h2-10,18H,11-14H2,1H3,(H,23,25)(H,24,27)/t18-/m1/s1. The normalized spacial score (nSPS) is 11.4. The maximum Gasteiger partial charge on any atom is 0.308 e. The average molecular weight is 419 g/mol. The van der Waals surface area contributed by atoms with Crippen molar-refractivity contribution in [2.24, 2.45) is 0 Å². The molecular weight excluding hydrogens is 396 g/mol. The third-order valence-corrected chi connectivity index (χ3v) is 4.32. The minimum absolute atomic E-state index is 0.133. The highest BCUT2D eigenvalue weighted by Crippen LogP contribution is 2.20. The molecule has 0 aliphatic heterocycles. The summed E-state index contributed by atoms with van der Waals surface area (Å²) in [6.45, 7) is 0.291. The van der Waals surface area contributed by atoms with Crippen molar-refractivity contribution in [2.45, 2.75) is 12.5 Å². The van der Waals surface area contributed by atoms with Gasteiger partial charge in [-0.1, -0.05) is 54.1 Å². The quantitative estimate of drug-likeness (QED) is 0.456. The predicted octanol–water partition coefficient (Wildman–Crippen LogP) is 2.51. The molecule has 0 fully saturated rings. The molecule has 2 aromatic rings. The van der Waals surface area contributed by atoms with Gasteiger partial charge in [0.05, 0.1) is 29.7 Å². The van der Waals surface area contributed by atoms with Crippen LogP contribution >= 0.6 is 11.6 Å². The first-order chi connectivity index (χ1) is 14.0. The lowest BCUT2D eigenvalue weighted by Gasteiger charge is -2.19. The number of halogens is 1. The summed E-state index contributed by atoms with van der Waals surface area (Å²) in [7, 11) is 1.52. The molecule has 0 aromatic heterocycles. The van der Waals surface area contributed by atoms with Crippen LogP contribution in [0.5, 0.6) is 0 Å². The van der Waals surface area contributed by atoms with Gasteiger partial charge in [-0.25, -0.2) is 0 Å². The fourth-order valence-electron chi connectivity index (χ4n) is 2.53. The third-order valence-electron chi connectivity index (χ3n) is 3.99. The lowest BCUT2D eigenvalue weighted by atomic mass is 10.0. The second-order valence-corrected chi connectivity index (χ2v) is 6.53. The summed E-state index contributed by atoms with van der Waals surface area (Å²) in [6.07, 6.45) is -0.133. The number of esters is 1. The Hall–Kier alpha value is -2.90. The van der Waals surface area contributed by atoms with Gasteiger partial charge in [0.15, 0.2) is 6.61 Å². The molecule has 2 aromatic carbocycles. The first-order valence-electron chi connectivity index (χ1n) is 9.03. The van der Waals surface area contributed by atoms with Gasteiger partial charge in [-0.2, -0.15) is 0 Å². The Bertz CT molecular complexity index is 829. The Morgan fingerprint density at radius 3 is 2.41 bits per heavy atom. The summed E-state index contributed by atoms with van der Waals surface area (Å²) in [5, 5.41) is 5.68. The minimum atomic E-state index is -0.635. The number of hydrogen-bond acceptors (Lipinski definition) is 5. The van der Waals surface area contributed by atoms with Crippen molar-refractivity contribution >= 4 is 29.4 Å². The predicted molar refractivity (Wildman–Crippen MR) is 109 cm³/mol. The van der Waals surface area contributed by atoms with Crippen LogP contribution < -0.4 is 10.6 Å². The maximum absolute atomic E-state index is 12.6. The molecule has 0 saturated carbocycles. The van der Waals surface area contributed by atoms with Crippen LogP contribution in [0.2, 0.25) is 5.02 Å². The molecule has 0 saturated heterocycles. The number of rotatable bonds is 10. The highest BCUT2D eigenvalue weighted by atomic mass is 35.5. The van der Waals surface area contributed by atoms with Crippen molar-refractivity contribution in [3.8, 4) is 0 Å². The molecule has 0 aliphatic rings. The van der Waals surface area contributed by atoms with Crippen LogP contribution in [0.4, 0.5) is 0 Å². The Labute approximate surface area is 174 Å². The molecule has 0 aliphatic carbocycles. The van der Waals surface area contributed by atoms with Gasteiger partial charge in [-0.05, 0) is 17.7 Å². The summed E-state index contributed by atoms with van der Waals surface area (Å²) in [5.74, 6) is -1.44. The largest absolute Gasteiger partial charge is 0.456 e. The summed E-state index contributed by atoms with van der Waals surface area (Å²) < 4.78 is 9.86. The highest BCUT2D eigenvalue weighted by Gasteiger charge is 2.21. The number of ether oxygens (including phenoxy) is 2. The Morgan fingerprint density at radius 2 is 1.72 bits per heavy atom. The first kappa shape index (κ1) is 22.4. The molecule has 29 heavy (non-hydrogen) atoms. The molecule has 0 radical (unpaired) electrons. The fourth-order valence-corrected chi connectivity index (χ4v) is 2.76. The van der Waals surface area contributed by atoms with Gasteiger partial charge in [0.2, 0.25) is 0 Å². The lowest BCUT2D eigenvalue weighted by molar-refractivity contribution is -0.149. The minimum Gasteiger partial charge on any atom is -0.456 e. The van der Waals surface area contributed by atoms with Crippen LogP contribution in [-0.2, 0) is 19.1 Å². The van der Waals surface area contributed by atoms with Crippen LogP contribution in [0.3, 0.4) is 0 Å². The van der Waals surface area contributed by atoms with E-state index in [-0.39, 0.29) is 6.42 Å². The van der Waals surface area contributed by atoms with Gasteiger partial charge in [0.25, 0.3) is 11.8 Å². The van der Waals surface area contributed by atoms with Crippen molar-refractivity contribution in [1.82, 2.24) is 10.6 Å². The highest BCUT2D eigenvalue weighted by molar-refractivity contribution is 6.33. The zero-order valence-electron chi connectivity index (χ0n) is 16.0. The molecule has 2 N–H and O–H groups in total.